The molecule has 0 N–H and O–H groups in total. The smallest absolute Gasteiger partial charge is 0.285 e. The second-order valence-electron chi connectivity index (χ2n) is 4.79. The summed E-state index contributed by atoms with van der Waals surface area (Å²) < 4.78 is 0. The second-order valence-corrected chi connectivity index (χ2v) is 4.79. The van der Waals surface area contributed by atoms with Crippen LogP contribution in [0.25, 0.3) is 0 Å². The van der Waals surface area contributed by atoms with Crippen molar-refractivity contribution in [1.82, 2.24) is 10.1 Å². The zero-order valence-corrected chi connectivity index (χ0v) is 14.6. The van der Waals surface area contributed by atoms with Crippen LogP contribution in [0.2, 0.25) is 0 Å². The van der Waals surface area contributed by atoms with Crippen LogP contribution in [-0.2, 0) is 28.9 Å². The predicted octanol–water partition coefficient (Wildman–Crippen LogP) is 0.257. The highest BCUT2D eigenvalue weighted by atomic mass is 16.7. The van der Waals surface area contributed by atoms with E-state index in [-0.39, 0.29) is 11.1 Å². The first kappa shape index (κ1) is 22.3. The quantitative estimate of drug-likeness (QED) is 0.317. The molecule has 0 spiro atoms. The normalized spacial score (nSPS) is 9.71. The number of carbonyl (C=O) groups excluding carboxylic acids is 6. The lowest BCUT2D eigenvalue weighted by Gasteiger charge is -2.18. The van der Waals surface area contributed by atoms with E-state index in [4.69, 9.17) is 9.68 Å². The third-order valence-electron chi connectivity index (χ3n) is 3.04. The van der Waals surface area contributed by atoms with Crippen molar-refractivity contribution in [3.8, 4) is 0 Å². The molecule has 0 fully saturated rings. The number of imide groups is 2. The molecule has 1 aromatic carbocycles. The molecule has 1 rings (SSSR count). The van der Waals surface area contributed by atoms with E-state index in [9.17, 15) is 28.8 Å². The summed E-state index contributed by atoms with van der Waals surface area (Å²) in [7, 11) is 0. The van der Waals surface area contributed by atoms with Gasteiger partial charge in [-0.3, -0.25) is 28.9 Å². The van der Waals surface area contributed by atoms with E-state index in [1.165, 1.54) is 24.3 Å². The van der Waals surface area contributed by atoms with Gasteiger partial charge >= 0.3 is 0 Å². The predicted molar refractivity (Wildman–Crippen MR) is 93.2 cm³/mol. The molecule has 0 radical (unpaired) electrons. The van der Waals surface area contributed by atoms with Crippen LogP contribution in [0.5, 0.6) is 0 Å². The Hall–Kier alpha value is -3.76. The maximum atomic E-state index is 12.4. The van der Waals surface area contributed by atoms with E-state index in [0.717, 1.165) is 12.2 Å². The van der Waals surface area contributed by atoms with Gasteiger partial charge in [0.15, 0.2) is 0 Å². The Kier molecular flexibility index (Phi) is 8.80. The molecular weight excluding hydrogens is 372 g/mol. The molecule has 0 unspecified atom stereocenters. The van der Waals surface area contributed by atoms with Crippen molar-refractivity contribution < 1.29 is 38.4 Å². The molecule has 146 valence electrons. The van der Waals surface area contributed by atoms with Crippen LogP contribution in [0.3, 0.4) is 0 Å². The molecule has 28 heavy (non-hydrogen) atoms. The van der Waals surface area contributed by atoms with Crippen LogP contribution < -0.4 is 0 Å². The minimum absolute atomic E-state index is 0.0481. The van der Waals surface area contributed by atoms with Crippen LogP contribution >= 0.6 is 0 Å². The van der Waals surface area contributed by atoms with E-state index in [2.05, 4.69) is 13.2 Å². The van der Waals surface area contributed by atoms with Gasteiger partial charge in [-0.2, -0.15) is 0 Å². The van der Waals surface area contributed by atoms with Crippen LogP contribution in [0, 0.1) is 0 Å². The van der Waals surface area contributed by atoms with Gasteiger partial charge in [0, 0.05) is 11.1 Å². The van der Waals surface area contributed by atoms with Gasteiger partial charge in [0.2, 0.25) is 0 Å². The first-order valence-electron chi connectivity index (χ1n) is 7.66. The Labute approximate surface area is 159 Å². The van der Waals surface area contributed by atoms with Crippen molar-refractivity contribution in [2.45, 2.75) is 0 Å². The van der Waals surface area contributed by atoms with Crippen LogP contribution in [0.15, 0.2) is 49.6 Å². The van der Waals surface area contributed by atoms with Gasteiger partial charge in [0.25, 0.3) is 23.6 Å². The number of nitrogens with zero attached hydrogens (tertiary/aromatic N) is 2. The highest BCUT2D eigenvalue weighted by Gasteiger charge is 2.25. The number of benzene rings is 1. The summed E-state index contributed by atoms with van der Waals surface area (Å²) >= 11 is 0. The molecular formula is C18H16N2O8. The number of amides is 4. The van der Waals surface area contributed by atoms with Gasteiger partial charge in [0.05, 0.1) is 0 Å². The van der Waals surface area contributed by atoms with Gasteiger partial charge in [-0.1, -0.05) is 13.2 Å². The van der Waals surface area contributed by atoms with E-state index in [1.807, 2.05) is 0 Å². The molecule has 0 aliphatic rings. The Morgan fingerprint density at radius 1 is 0.750 bits per heavy atom. The summed E-state index contributed by atoms with van der Waals surface area (Å²) in [4.78, 5) is 78.5. The SMILES string of the molecule is C=CC(=O)N(OCC=O)C(=O)c1ccc(C(=O)N(OCC=O)C(=O)C=C)cc1. The third kappa shape index (κ3) is 5.62. The summed E-state index contributed by atoms with van der Waals surface area (Å²) in [5, 5.41) is 0.692. The van der Waals surface area contributed by atoms with Crippen molar-refractivity contribution in [2.75, 3.05) is 13.2 Å². The van der Waals surface area contributed by atoms with Crippen molar-refractivity contribution in [3.05, 3.63) is 60.7 Å². The lowest BCUT2D eigenvalue weighted by Crippen LogP contribution is -2.37. The molecule has 10 heteroatoms. The van der Waals surface area contributed by atoms with Crippen molar-refractivity contribution in [2.24, 2.45) is 0 Å². The molecule has 4 amide bonds. The Bertz CT molecular complexity index is 733. The Balaban J connectivity index is 3.07. The molecule has 0 heterocycles. The zero-order valence-electron chi connectivity index (χ0n) is 14.6. The summed E-state index contributed by atoms with van der Waals surface area (Å²) in [6, 6.07) is 4.78. The first-order chi connectivity index (χ1) is 13.4. The number of hydroxylamine groups is 4. The molecule has 0 bridgehead atoms. The van der Waals surface area contributed by atoms with Crippen molar-refractivity contribution >= 4 is 36.2 Å². The fourth-order valence-electron chi connectivity index (χ4n) is 1.81. The molecule has 0 saturated carbocycles. The molecule has 0 aliphatic carbocycles. The van der Waals surface area contributed by atoms with Gasteiger partial charge in [-0.05, 0) is 36.4 Å². The van der Waals surface area contributed by atoms with Gasteiger partial charge in [-0.15, -0.1) is 10.1 Å². The van der Waals surface area contributed by atoms with Crippen molar-refractivity contribution in [3.63, 3.8) is 0 Å². The molecule has 0 atom stereocenters. The van der Waals surface area contributed by atoms with Crippen molar-refractivity contribution in [1.29, 1.82) is 0 Å². The largest absolute Gasteiger partial charge is 0.301 e. The topological polar surface area (TPSA) is 127 Å². The summed E-state index contributed by atoms with van der Waals surface area (Å²) in [6.07, 6.45) is 2.35. The molecule has 1 aromatic rings. The first-order valence-corrected chi connectivity index (χ1v) is 7.66. The fourth-order valence-corrected chi connectivity index (χ4v) is 1.81. The number of rotatable bonds is 10. The maximum Gasteiger partial charge on any atom is 0.285 e. The standard InChI is InChI=1S/C18H16N2O8/c1-3-15(23)19(27-11-9-21)17(25)13-5-7-14(8-6-13)18(26)20(16(24)4-2)28-12-10-22/h3-10H,1-2,11-12H2. The average molecular weight is 388 g/mol. The number of hydrogen-bond acceptors (Lipinski definition) is 8. The monoisotopic (exact) mass is 388 g/mol. The van der Waals surface area contributed by atoms with Gasteiger partial charge in [0.1, 0.15) is 25.8 Å². The van der Waals surface area contributed by atoms with E-state index in [1.54, 1.807) is 0 Å². The lowest BCUT2D eigenvalue weighted by atomic mass is 10.1. The van der Waals surface area contributed by atoms with Gasteiger partial charge in [-0.25, -0.2) is 0 Å². The summed E-state index contributed by atoms with van der Waals surface area (Å²) in [6.45, 7) is 5.40. The summed E-state index contributed by atoms with van der Waals surface area (Å²) in [5.41, 5.74) is -0.0962. The van der Waals surface area contributed by atoms with Crippen LogP contribution in [0.4, 0.5) is 0 Å². The van der Waals surface area contributed by atoms with Crippen LogP contribution in [0.1, 0.15) is 20.7 Å². The van der Waals surface area contributed by atoms with Gasteiger partial charge < -0.3 is 9.59 Å². The fraction of sp³-hybridized carbons (Fsp3) is 0.111. The maximum absolute atomic E-state index is 12.4. The highest BCUT2D eigenvalue weighted by molar-refractivity contribution is 6.09. The number of carbonyl (C=O) groups is 6. The highest BCUT2D eigenvalue weighted by Crippen LogP contribution is 2.12. The number of hydrogen-bond donors (Lipinski definition) is 0. The molecule has 0 saturated heterocycles. The lowest BCUT2D eigenvalue weighted by molar-refractivity contribution is -0.165. The number of aldehydes is 2. The minimum Gasteiger partial charge on any atom is -0.301 e. The van der Waals surface area contributed by atoms with E-state index >= 15 is 0 Å². The molecule has 10 nitrogen and oxygen atoms in total. The van der Waals surface area contributed by atoms with E-state index in [0.29, 0.717) is 22.7 Å². The molecule has 0 aliphatic heterocycles. The van der Waals surface area contributed by atoms with E-state index < -0.39 is 36.8 Å². The Morgan fingerprint density at radius 3 is 1.32 bits per heavy atom. The van der Waals surface area contributed by atoms with Crippen LogP contribution in [-0.4, -0.2) is 59.5 Å². The summed E-state index contributed by atoms with van der Waals surface area (Å²) in [5.74, 6) is -3.59. The zero-order chi connectivity index (χ0) is 21.1. The second kappa shape index (κ2) is 11.1. The average Bonchev–Trinajstić information content (AvgIpc) is 2.73. The Morgan fingerprint density at radius 2 is 1.07 bits per heavy atom. The third-order valence-corrected chi connectivity index (χ3v) is 3.04. The minimum atomic E-state index is -0.901. The molecule has 0 aromatic heterocycles.